The molecule has 0 radical (unpaired) electrons. The van der Waals surface area contributed by atoms with Gasteiger partial charge in [0.05, 0.1) is 4.90 Å². The first-order valence-corrected chi connectivity index (χ1v) is 10.1. The molecule has 138 valence electrons. The molecule has 0 saturated heterocycles. The lowest BCUT2D eigenvalue weighted by Gasteiger charge is -2.25. The van der Waals surface area contributed by atoms with Gasteiger partial charge in [-0.3, -0.25) is 4.98 Å². The number of nitrogens with zero attached hydrogens (tertiary/aromatic N) is 1. The molecular formula is C18H26ClN3O2S. The number of halogens is 1. The second-order valence-electron chi connectivity index (χ2n) is 6.65. The van der Waals surface area contributed by atoms with Crippen LogP contribution in [0.3, 0.4) is 0 Å². The summed E-state index contributed by atoms with van der Waals surface area (Å²) < 4.78 is 27.9. The highest BCUT2D eigenvalue weighted by molar-refractivity contribution is 7.89. The van der Waals surface area contributed by atoms with Gasteiger partial charge in [-0.2, -0.15) is 0 Å². The Labute approximate surface area is 156 Å². The van der Waals surface area contributed by atoms with Crippen LogP contribution in [0.1, 0.15) is 39.0 Å². The number of nitrogens with one attached hydrogen (secondary N) is 2. The predicted molar refractivity (Wildman–Crippen MR) is 104 cm³/mol. The number of pyridine rings is 1. The van der Waals surface area contributed by atoms with Gasteiger partial charge in [0.2, 0.25) is 10.0 Å². The van der Waals surface area contributed by atoms with Crippen LogP contribution in [-0.2, 0) is 10.0 Å². The molecule has 1 aromatic heterocycles. The fourth-order valence-electron chi connectivity index (χ4n) is 3.25. The zero-order chi connectivity index (χ0) is 17.0. The van der Waals surface area contributed by atoms with Gasteiger partial charge in [0.1, 0.15) is 0 Å². The summed E-state index contributed by atoms with van der Waals surface area (Å²) in [6.45, 7) is 2.56. The summed E-state index contributed by atoms with van der Waals surface area (Å²) in [5.41, 5.74) is 0. The number of hydrogen-bond donors (Lipinski definition) is 2. The molecule has 0 aliphatic heterocycles. The normalized spacial score (nSPS) is 17.2. The van der Waals surface area contributed by atoms with E-state index in [-0.39, 0.29) is 18.4 Å². The zero-order valence-corrected chi connectivity index (χ0v) is 16.1. The van der Waals surface area contributed by atoms with E-state index in [2.05, 4.69) is 15.0 Å². The van der Waals surface area contributed by atoms with Crippen LogP contribution in [0.15, 0.2) is 41.6 Å². The van der Waals surface area contributed by atoms with E-state index in [0.29, 0.717) is 17.5 Å². The van der Waals surface area contributed by atoms with Crippen LogP contribution in [0.5, 0.6) is 0 Å². The molecule has 3 rings (SSSR count). The average molecular weight is 384 g/mol. The lowest BCUT2D eigenvalue weighted by Crippen LogP contribution is -2.43. The highest BCUT2D eigenvalue weighted by Gasteiger charge is 2.19. The van der Waals surface area contributed by atoms with Crippen molar-refractivity contribution in [3.63, 3.8) is 0 Å². The summed E-state index contributed by atoms with van der Waals surface area (Å²) in [5, 5.41) is 5.30. The van der Waals surface area contributed by atoms with Crippen molar-refractivity contribution < 1.29 is 8.42 Å². The standard InChI is InChI=1S/C18H25N3O2S.ClH/c1-14(12-20-17-5-3-2-4-6-17)21-24(22,23)18-8-7-16-13-19-10-9-15(16)11-18;/h7-11,13-14,17,20-21H,2-6,12H2,1H3;1H. The third-order valence-corrected chi connectivity index (χ3v) is 6.18. The number of sulfonamides is 1. The summed E-state index contributed by atoms with van der Waals surface area (Å²) in [6, 6.07) is 7.32. The van der Waals surface area contributed by atoms with Crippen LogP contribution in [0, 0.1) is 0 Å². The lowest BCUT2D eigenvalue weighted by molar-refractivity contribution is 0.364. The maximum atomic E-state index is 12.6. The van der Waals surface area contributed by atoms with Crippen molar-refractivity contribution >= 4 is 33.2 Å². The Hall–Kier alpha value is -1.21. The molecule has 0 bridgehead atoms. The molecule has 2 aromatic rings. The van der Waals surface area contributed by atoms with Crippen LogP contribution in [-0.4, -0.2) is 32.0 Å². The molecule has 5 nitrogen and oxygen atoms in total. The Kier molecular flexibility index (Phi) is 7.19. The molecule has 1 unspecified atom stereocenters. The first kappa shape index (κ1) is 20.1. The van der Waals surface area contributed by atoms with Gasteiger partial charge >= 0.3 is 0 Å². The van der Waals surface area contributed by atoms with Crippen molar-refractivity contribution in [3.8, 4) is 0 Å². The number of rotatable bonds is 6. The highest BCUT2D eigenvalue weighted by atomic mass is 35.5. The minimum atomic E-state index is -3.51. The van der Waals surface area contributed by atoms with Crippen molar-refractivity contribution in [2.75, 3.05) is 6.54 Å². The van der Waals surface area contributed by atoms with E-state index in [1.807, 2.05) is 13.0 Å². The van der Waals surface area contributed by atoms with E-state index in [1.54, 1.807) is 30.6 Å². The van der Waals surface area contributed by atoms with Gasteiger partial charge in [0, 0.05) is 36.4 Å². The maximum absolute atomic E-state index is 12.6. The molecule has 25 heavy (non-hydrogen) atoms. The molecule has 1 aliphatic carbocycles. The summed E-state index contributed by atoms with van der Waals surface area (Å²) in [7, 11) is -3.51. The van der Waals surface area contributed by atoms with E-state index in [4.69, 9.17) is 0 Å². The van der Waals surface area contributed by atoms with Crippen molar-refractivity contribution in [1.82, 2.24) is 15.0 Å². The quantitative estimate of drug-likeness (QED) is 0.803. The Morgan fingerprint density at radius 1 is 1.16 bits per heavy atom. The third-order valence-electron chi connectivity index (χ3n) is 4.60. The van der Waals surface area contributed by atoms with Gasteiger partial charge in [-0.25, -0.2) is 13.1 Å². The van der Waals surface area contributed by atoms with E-state index in [9.17, 15) is 8.42 Å². The monoisotopic (exact) mass is 383 g/mol. The molecule has 0 spiro atoms. The summed E-state index contributed by atoms with van der Waals surface area (Å²) in [6.07, 6.45) is 9.64. The first-order valence-electron chi connectivity index (χ1n) is 8.64. The largest absolute Gasteiger partial charge is 0.312 e. The van der Waals surface area contributed by atoms with E-state index in [0.717, 1.165) is 10.8 Å². The summed E-state index contributed by atoms with van der Waals surface area (Å²) >= 11 is 0. The lowest BCUT2D eigenvalue weighted by atomic mass is 9.95. The van der Waals surface area contributed by atoms with E-state index in [1.165, 1.54) is 32.1 Å². The third kappa shape index (κ3) is 5.38. The van der Waals surface area contributed by atoms with Gasteiger partial charge in [-0.15, -0.1) is 12.4 Å². The SMILES string of the molecule is CC(CNC1CCCCC1)NS(=O)(=O)c1ccc2cnccc2c1.Cl. The maximum Gasteiger partial charge on any atom is 0.240 e. The zero-order valence-electron chi connectivity index (χ0n) is 14.4. The second kappa shape index (κ2) is 8.94. The minimum absolute atomic E-state index is 0. The minimum Gasteiger partial charge on any atom is -0.312 e. The van der Waals surface area contributed by atoms with Crippen molar-refractivity contribution in [3.05, 3.63) is 36.7 Å². The van der Waals surface area contributed by atoms with Crippen molar-refractivity contribution in [2.45, 2.75) is 56.0 Å². The topological polar surface area (TPSA) is 71.1 Å². The van der Waals surface area contributed by atoms with Crippen molar-refractivity contribution in [1.29, 1.82) is 0 Å². The van der Waals surface area contributed by atoms with Crippen LogP contribution in [0.4, 0.5) is 0 Å². The first-order chi connectivity index (χ1) is 11.5. The Morgan fingerprint density at radius 2 is 1.92 bits per heavy atom. The fraction of sp³-hybridized carbons (Fsp3) is 0.500. The van der Waals surface area contributed by atoms with Crippen LogP contribution >= 0.6 is 12.4 Å². The number of fused-ring (bicyclic) bond motifs is 1. The number of aromatic nitrogens is 1. The van der Waals surface area contributed by atoms with Gasteiger partial charge in [-0.05, 0) is 43.4 Å². The van der Waals surface area contributed by atoms with Gasteiger partial charge < -0.3 is 5.32 Å². The van der Waals surface area contributed by atoms with Crippen LogP contribution < -0.4 is 10.0 Å². The smallest absolute Gasteiger partial charge is 0.240 e. The van der Waals surface area contributed by atoms with E-state index < -0.39 is 10.0 Å². The fourth-order valence-corrected chi connectivity index (χ4v) is 4.53. The number of hydrogen-bond acceptors (Lipinski definition) is 4. The Morgan fingerprint density at radius 3 is 2.68 bits per heavy atom. The molecule has 2 N–H and O–H groups in total. The Balaban J connectivity index is 0.00000225. The van der Waals surface area contributed by atoms with Crippen LogP contribution in [0.2, 0.25) is 0 Å². The molecule has 1 heterocycles. The van der Waals surface area contributed by atoms with Gasteiger partial charge in [0.15, 0.2) is 0 Å². The average Bonchev–Trinajstić information content (AvgIpc) is 2.60. The van der Waals surface area contributed by atoms with Crippen molar-refractivity contribution in [2.24, 2.45) is 0 Å². The Bertz CT molecular complexity index is 792. The molecule has 1 aromatic carbocycles. The molecule has 0 amide bonds. The summed E-state index contributed by atoms with van der Waals surface area (Å²) in [4.78, 5) is 4.35. The van der Waals surface area contributed by atoms with Gasteiger partial charge in [0.25, 0.3) is 0 Å². The molecule has 7 heteroatoms. The molecular weight excluding hydrogens is 358 g/mol. The van der Waals surface area contributed by atoms with Gasteiger partial charge in [-0.1, -0.05) is 25.3 Å². The highest BCUT2D eigenvalue weighted by Crippen LogP contribution is 2.19. The predicted octanol–water partition coefficient (Wildman–Crippen LogP) is 3.25. The van der Waals surface area contributed by atoms with E-state index >= 15 is 0 Å². The van der Waals surface area contributed by atoms with Crippen LogP contribution in [0.25, 0.3) is 10.8 Å². The second-order valence-corrected chi connectivity index (χ2v) is 8.36. The molecule has 1 saturated carbocycles. The molecule has 1 atom stereocenters. The summed E-state index contributed by atoms with van der Waals surface area (Å²) in [5.74, 6) is 0. The number of benzene rings is 1. The molecule has 1 fully saturated rings. The molecule has 1 aliphatic rings.